The van der Waals surface area contributed by atoms with Crippen molar-refractivity contribution < 1.29 is 9.47 Å². The topological polar surface area (TPSA) is 18.5 Å². The average Bonchev–Trinajstić information content (AvgIpc) is 2.92. The molecule has 0 spiro atoms. The minimum absolute atomic E-state index is 0.102. The predicted octanol–water partition coefficient (Wildman–Crippen LogP) is 2.74. The van der Waals surface area contributed by atoms with Crippen molar-refractivity contribution in [3.05, 3.63) is 12.2 Å². The van der Waals surface area contributed by atoms with E-state index in [-0.39, 0.29) is 6.29 Å². The summed E-state index contributed by atoms with van der Waals surface area (Å²) in [6.45, 7) is 2.37. The maximum absolute atomic E-state index is 6.14. The molecule has 16 heavy (non-hydrogen) atoms. The molecule has 2 nitrogen and oxygen atoms in total. The summed E-state index contributed by atoms with van der Waals surface area (Å²) in [5, 5.41) is 0. The summed E-state index contributed by atoms with van der Waals surface area (Å²) in [6, 6.07) is 0. The van der Waals surface area contributed by atoms with Crippen molar-refractivity contribution in [1.82, 2.24) is 0 Å². The molecule has 2 bridgehead atoms. The van der Waals surface area contributed by atoms with Crippen LogP contribution < -0.4 is 0 Å². The molecule has 2 unspecified atom stereocenters. The van der Waals surface area contributed by atoms with Gasteiger partial charge < -0.3 is 9.47 Å². The SMILES string of the molecule is C[C@@H]1[C@@H](C2O[C@H]3CCC[C@H]3O2)C2C=C[C@@H]1C2. The molecule has 88 valence electrons. The highest BCUT2D eigenvalue weighted by Crippen LogP contribution is 2.52. The number of hydrogen-bond acceptors (Lipinski definition) is 2. The molecule has 1 saturated heterocycles. The van der Waals surface area contributed by atoms with Gasteiger partial charge in [-0.05, 0) is 43.4 Å². The van der Waals surface area contributed by atoms with Gasteiger partial charge in [-0.15, -0.1) is 0 Å². The van der Waals surface area contributed by atoms with Crippen LogP contribution >= 0.6 is 0 Å². The molecule has 7 atom stereocenters. The molecule has 0 aromatic carbocycles. The van der Waals surface area contributed by atoms with Gasteiger partial charge in [0.25, 0.3) is 0 Å². The van der Waals surface area contributed by atoms with Crippen LogP contribution in [0.2, 0.25) is 0 Å². The van der Waals surface area contributed by atoms with Crippen LogP contribution in [-0.2, 0) is 9.47 Å². The van der Waals surface area contributed by atoms with Crippen LogP contribution in [0.15, 0.2) is 12.2 Å². The minimum Gasteiger partial charge on any atom is -0.346 e. The number of allylic oxidation sites excluding steroid dienone is 2. The largest absolute Gasteiger partial charge is 0.346 e. The first-order valence-electron chi connectivity index (χ1n) is 6.82. The average molecular weight is 220 g/mol. The minimum atomic E-state index is 0.102. The smallest absolute Gasteiger partial charge is 0.162 e. The van der Waals surface area contributed by atoms with Gasteiger partial charge in [0, 0.05) is 5.92 Å². The Morgan fingerprint density at radius 2 is 1.69 bits per heavy atom. The fourth-order valence-electron chi connectivity index (χ4n) is 4.32. The van der Waals surface area contributed by atoms with Crippen LogP contribution in [0.4, 0.5) is 0 Å². The van der Waals surface area contributed by atoms with Gasteiger partial charge >= 0.3 is 0 Å². The monoisotopic (exact) mass is 220 g/mol. The number of ether oxygens (including phenoxy) is 2. The third kappa shape index (κ3) is 1.20. The lowest BCUT2D eigenvalue weighted by Gasteiger charge is -2.29. The maximum Gasteiger partial charge on any atom is 0.162 e. The molecule has 0 aromatic heterocycles. The molecular formula is C14H20O2. The fraction of sp³-hybridized carbons (Fsp3) is 0.857. The molecule has 0 N–H and O–H groups in total. The molecule has 3 aliphatic carbocycles. The van der Waals surface area contributed by atoms with Crippen molar-refractivity contribution in [3.8, 4) is 0 Å². The van der Waals surface area contributed by atoms with Crippen LogP contribution in [0.1, 0.15) is 32.6 Å². The Hall–Kier alpha value is -0.340. The highest BCUT2D eigenvalue weighted by Gasteiger charge is 2.51. The first-order valence-corrected chi connectivity index (χ1v) is 6.82. The van der Waals surface area contributed by atoms with E-state index in [4.69, 9.17) is 9.47 Å². The lowest BCUT2D eigenvalue weighted by atomic mass is 9.84. The van der Waals surface area contributed by atoms with Crippen molar-refractivity contribution in [1.29, 1.82) is 0 Å². The molecule has 2 heteroatoms. The third-order valence-electron chi connectivity index (χ3n) is 5.25. The van der Waals surface area contributed by atoms with Gasteiger partial charge in [0.1, 0.15) is 0 Å². The summed E-state index contributed by atoms with van der Waals surface area (Å²) in [5.41, 5.74) is 0. The summed E-state index contributed by atoms with van der Waals surface area (Å²) in [6.07, 6.45) is 10.8. The Morgan fingerprint density at radius 1 is 1.00 bits per heavy atom. The number of hydrogen-bond donors (Lipinski definition) is 0. The standard InChI is InChI=1S/C14H20O2/c1-8-9-5-6-10(7-9)13(8)14-15-11-3-2-4-12(11)16-14/h5-6,8-14H,2-4,7H2,1H3/t8-,9+,10?,11-,12+,13+,14?/m0/s1. The molecule has 3 fully saturated rings. The summed E-state index contributed by atoms with van der Waals surface area (Å²) in [7, 11) is 0. The van der Waals surface area contributed by atoms with Gasteiger partial charge in [0.05, 0.1) is 12.2 Å². The molecule has 2 saturated carbocycles. The van der Waals surface area contributed by atoms with Crippen LogP contribution in [0, 0.1) is 23.7 Å². The van der Waals surface area contributed by atoms with E-state index in [0.717, 1.165) is 17.8 Å². The van der Waals surface area contributed by atoms with Crippen LogP contribution in [0.5, 0.6) is 0 Å². The second kappa shape index (κ2) is 3.33. The Labute approximate surface area is 97.0 Å². The summed E-state index contributed by atoms with van der Waals surface area (Å²) in [5.74, 6) is 2.89. The van der Waals surface area contributed by atoms with Crippen LogP contribution in [0.25, 0.3) is 0 Å². The van der Waals surface area contributed by atoms with Crippen LogP contribution in [-0.4, -0.2) is 18.5 Å². The maximum atomic E-state index is 6.14. The number of rotatable bonds is 1. The quantitative estimate of drug-likeness (QED) is 0.633. The number of fused-ring (bicyclic) bond motifs is 3. The van der Waals surface area contributed by atoms with Crippen molar-refractivity contribution in [2.45, 2.75) is 51.1 Å². The Morgan fingerprint density at radius 3 is 2.31 bits per heavy atom. The molecule has 0 amide bonds. The normalized spacial score (nSPS) is 58.4. The second-order valence-electron chi connectivity index (χ2n) is 6.03. The summed E-state index contributed by atoms with van der Waals surface area (Å²) >= 11 is 0. The van der Waals surface area contributed by atoms with E-state index in [2.05, 4.69) is 19.1 Å². The fourth-order valence-corrected chi connectivity index (χ4v) is 4.32. The molecule has 1 aliphatic heterocycles. The highest BCUT2D eigenvalue weighted by atomic mass is 16.7. The Kier molecular flexibility index (Phi) is 2.01. The van der Waals surface area contributed by atoms with E-state index in [9.17, 15) is 0 Å². The summed E-state index contributed by atoms with van der Waals surface area (Å²) in [4.78, 5) is 0. The lowest BCUT2D eigenvalue weighted by molar-refractivity contribution is -0.125. The van der Waals surface area contributed by atoms with Crippen molar-refractivity contribution in [3.63, 3.8) is 0 Å². The highest BCUT2D eigenvalue weighted by molar-refractivity contribution is 5.13. The van der Waals surface area contributed by atoms with Gasteiger partial charge in [-0.3, -0.25) is 0 Å². The Bertz CT molecular complexity index is 313. The van der Waals surface area contributed by atoms with E-state index < -0.39 is 0 Å². The van der Waals surface area contributed by atoms with Gasteiger partial charge in [-0.1, -0.05) is 19.1 Å². The molecule has 4 aliphatic rings. The van der Waals surface area contributed by atoms with E-state index >= 15 is 0 Å². The van der Waals surface area contributed by atoms with Crippen molar-refractivity contribution >= 4 is 0 Å². The van der Waals surface area contributed by atoms with E-state index in [1.54, 1.807) is 0 Å². The zero-order valence-electron chi connectivity index (χ0n) is 9.84. The second-order valence-corrected chi connectivity index (χ2v) is 6.03. The van der Waals surface area contributed by atoms with Gasteiger partial charge in [-0.2, -0.15) is 0 Å². The van der Waals surface area contributed by atoms with E-state index in [0.29, 0.717) is 18.1 Å². The molecule has 1 heterocycles. The Balaban J connectivity index is 1.53. The first-order chi connectivity index (χ1) is 7.83. The molecule has 0 radical (unpaired) electrons. The van der Waals surface area contributed by atoms with E-state index in [1.165, 1.54) is 25.7 Å². The van der Waals surface area contributed by atoms with E-state index in [1.807, 2.05) is 0 Å². The van der Waals surface area contributed by atoms with Crippen molar-refractivity contribution in [2.75, 3.05) is 0 Å². The molecule has 4 rings (SSSR count). The zero-order chi connectivity index (χ0) is 10.7. The van der Waals surface area contributed by atoms with Gasteiger partial charge in [-0.25, -0.2) is 0 Å². The third-order valence-corrected chi connectivity index (χ3v) is 5.25. The lowest BCUT2D eigenvalue weighted by Crippen LogP contribution is -2.31. The van der Waals surface area contributed by atoms with Crippen LogP contribution in [0.3, 0.4) is 0 Å². The van der Waals surface area contributed by atoms with Gasteiger partial charge in [0.2, 0.25) is 0 Å². The summed E-state index contributed by atoms with van der Waals surface area (Å²) < 4.78 is 12.3. The first kappa shape index (κ1) is 9.67. The predicted molar refractivity (Wildman–Crippen MR) is 60.8 cm³/mol. The van der Waals surface area contributed by atoms with Gasteiger partial charge in [0.15, 0.2) is 6.29 Å². The zero-order valence-corrected chi connectivity index (χ0v) is 9.84. The molecule has 0 aromatic rings. The van der Waals surface area contributed by atoms with Crippen molar-refractivity contribution in [2.24, 2.45) is 23.7 Å². The molecular weight excluding hydrogens is 200 g/mol.